The van der Waals surface area contributed by atoms with Gasteiger partial charge in [0.1, 0.15) is 12.4 Å². The summed E-state index contributed by atoms with van der Waals surface area (Å²) in [6.45, 7) is 1.94. The maximum Gasteiger partial charge on any atom is 0.501 e. The lowest BCUT2D eigenvalue weighted by Crippen LogP contribution is -2.47. The molecule has 11 nitrogen and oxygen atoms in total. The van der Waals surface area contributed by atoms with Crippen LogP contribution >= 0.6 is 0 Å². The van der Waals surface area contributed by atoms with Crippen LogP contribution in [0.4, 0.5) is 23.2 Å². The molecule has 2 fully saturated rings. The highest BCUT2D eigenvalue weighted by Gasteiger charge is 2.47. The number of alkyl halides is 3. The van der Waals surface area contributed by atoms with Gasteiger partial charge in [0.2, 0.25) is 5.91 Å². The monoisotopic (exact) mass is 800 g/mol. The molecule has 0 heterocycles. The van der Waals surface area contributed by atoms with Crippen LogP contribution in [0.15, 0.2) is 83.8 Å². The molecule has 0 radical (unpaired) electrons. The fourth-order valence-electron chi connectivity index (χ4n) is 7.24. The zero-order chi connectivity index (χ0) is 40.4. The van der Waals surface area contributed by atoms with Crippen LogP contribution in [-0.2, 0) is 30.8 Å². The third kappa shape index (κ3) is 8.45. The van der Waals surface area contributed by atoms with Gasteiger partial charge in [-0.2, -0.15) is 13.2 Å². The SMILES string of the molecule is COc1cc(F)c(OC2CCC(C)(C(=O)OCc3cccc4ccccc34)CC2)cc1C(=O)N[C@@H]1[C@H](O)CC[C@@H]1C(=O)Nc1cccc(S(=O)(=O)C(F)(F)F)c1. The van der Waals surface area contributed by atoms with E-state index in [2.05, 4.69) is 10.6 Å². The molecular weight excluding hydrogens is 761 g/mol. The fraction of sp³-hybridized carbons (Fsp3) is 0.375. The lowest BCUT2D eigenvalue weighted by Gasteiger charge is -2.35. The molecule has 0 bridgehead atoms. The van der Waals surface area contributed by atoms with Gasteiger partial charge in [-0.25, -0.2) is 12.8 Å². The molecule has 0 unspecified atom stereocenters. The summed E-state index contributed by atoms with van der Waals surface area (Å²) in [5, 5.41) is 17.7. The van der Waals surface area contributed by atoms with E-state index >= 15 is 4.39 Å². The number of fused-ring (bicyclic) bond motifs is 1. The summed E-state index contributed by atoms with van der Waals surface area (Å²) in [6, 6.07) is 18.2. The molecule has 2 aliphatic rings. The molecule has 4 aromatic rings. The molecule has 0 saturated heterocycles. The molecule has 0 aromatic heterocycles. The number of ether oxygens (including phenoxy) is 3. The predicted molar refractivity (Wildman–Crippen MR) is 196 cm³/mol. The minimum atomic E-state index is -5.68. The Bertz CT molecular complexity index is 2240. The Hall–Kier alpha value is -5.22. The Balaban J connectivity index is 1.09. The van der Waals surface area contributed by atoms with Crippen LogP contribution in [0.25, 0.3) is 10.8 Å². The summed E-state index contributed by atoms with van der Waals surface area (Å²) >= 11 is 0. The van der Waals surface area contributed by atoms with Crippen LogP contribution in [0.3, 0.4) is 0 Å². The highest BCUT2D eigenvalue weighted by molar-refractivity contribution is 7.92. The third-order valence-electron chi connectivity index (χ3n) is 10.5. The second kappa shape index (κ2) is 16.1. The number of anilines is 1. The van der Waals surface area contributed by atoms with Gasteiger partial charge in [0.15, 0.2) is 11.6 Å². The van der Waals surface area contributed by atoms with Gasteiger partial charge in [-0.15, -0.1) is 0 Å². The first-order chi connectivity index (χ1) is 26.5. The number of methoxy groups -OCH3 is 1. The van der Waals surface area contributed by atoms with Crippen LogP contribution in [0, 0.1) is 17.2 Å². The van der Waals surface area contributed by atoms with Gasteiger partial charge in [0, 0.05) is 11.8 Å². The minimum absolute atomic E-state index is 0.0741. The molecule has 56 heavy (non-hydrogen) atoms. The van der Waals surface area contributed by atoms with Crippen molar-refractivity contribution in [2.75, 3.05) is 12.4 Å². The smallest absolute Gasteiger partial charge is 0.496 e. The predicted octanol–water partition coefficient (Wildman–Crippen LogP) is 6.86. The van der Waals surface area contributed by atoms with E-state index in [9.17, 15) is 41.1 Å². The van der Waals surface area contributed by atoms with Crippen molar-refractivity contribution in [2.45, 2.75) is 80.7 Å². The number of aliphatic hydroxyl groups excluding tert-OH is 1. The van der Waals surface area contributed by atoms with Gasteiger partial charge in [0.25, 0.3) is 15.7 Å². The van der Waals surface area contributed by atoms with Crippen molar-refractivity contribution < 1.29 is 59.7 Å². The summed E-state index contributed by atoms with van der Waals surface area (Å²) in [7, 11) is -4.46. The van der Waals surface area contributed by atoms with Gasteiger partial charge in [-0.1, -0.05) is 48.5 Å². The standard InChI is InChI=1S/C40H40F4N2O9S/c1-39(38(50)54-22-24-9-5-8-23-7-3-4-12-28(23)24)17-15-26(16-18-39)55-34-20-30(33(53-2)21-31(34)41)37(49)46-35-29(13-14-32(35)47)36(48)45-25-10-6-11-27(19-25)56(51,52)40(42,43)44/h3-12,19-21,26,29,32,35,47H,13-18,22H2,1-2H3,(H,45,48)(H,46,49)/t26?,29-,32+,35-,39?/m0/s1. The number of sulfone groups is 1. The zero-order valence-electron chi connectivity index (χ0n) is 30.4. The number of amides is 2. The normalized spacial score (nSPS) is 22.6. The first-order valence-electron chi connectivity index (χ1n) is 17.9. The quantitative estimate of drug-likeness (QED) is 0.109. The maximum atomic E-state index is 15.3. The van der Waals surface area contributed by atoms with Gasteiger partial charge in [0.05, 0.1) is 47.2 Å². The topological polar surface area (TPSA) is 157 Å². The first-order valence-corrected chi connectivity index (χ1v) is 19.4. The van der Waals surface area contributed by atoms with E-state index in [1.807, 2.05) is 49.4 Å². The Morgan fingerprint density at radius 3 is 2.32 bits per heavy atom. The number of carbonyl (C=O) groups is 3. The average molecular weight is 801 g/mol. The number of rotatable bonds is 11. The van der Waals surface area contributed by atoms with Crippen LogP contribution < -0.4 is 20.1 Å². The Labute approximate surface area is 320 Å². The van der Waals surface area contributed by atoms with Crippen molar-refractivity contribution in [3.8, 4) is 11.5 Å². The molecule has 2 saturated carbocycles. The molecule has 3 atom stereocenters. The number of halogens is 4. The largest absolute Gasteiger partial charge is 0.501 e. The first kappa shape index (κ1) is 40.4. The van der Waals surface area contributed by atoms with E-state index in [0.717, 1.165) is 40.6 Å². The summed E-state index contributed by atoms with van der Waals surface area (Å²) < 4.78 is 95.3. The molecule has 0 spiro atoms. The second-order valence-electron chi connectivity index (χ2n) is 14.3. The zero-order valence-corrected chi connectivity index (χ0v) is 31.2. The Morgan fingerprint density at radius 1 is 0.911 bits per heavy atom. The van der Waals surface area contributed by atoms with E-state index in [1.165, 1.54) is 13.2 Å². The van der Waals surface area contributed by atoms with Crippen molar-refractivity contribution in [3.63, 3.8) is 0 Å². The van der Waals surface area contributed by atoms with Crippen LogP contribution in [0.2, 0.25) is 0 Å². The van der Waals surface area contributed by atoms with Crippen molar-refractivity contribution in [3.05, 3.63) is 95.8 Å². The molecule has 0 aliphatic heterocycles. The second-order valence-corrected chi connectivity index (χ2v) is 16.2. The van der Waals surface area contributed by atoms with E-state index in [-0.39, 0.29) is 48.2 Å². The molecule has 298 valence electrons. The van der Waals surface area contributed by atoms with Crippen molar-refractivity contribution in [1.29, 1.82) is 0 Å². The molecule has 2 aliphatic carbocycles. The molecule has 6 rings (SSSR count). The molecule has 16 heteroatoms. The number of benzene rings is 4. The number of hydrogen-bond donors (Lipinski definition) is 3. The van der Waals surface area contributed by atoms with E-state index in [4.69, 9.17) is 14.2 Å². The van der Waals surface area contributed by atoms with Gasteiger partial charge in [-0.3, -0.25) is 14.4 Å². The van der Waals surface area contributed by atoms with Gasteiger partial charge < -0.3 is 30.0 Å². The summed E-state index contributed by atoms with van der Waals surface area (Å²) in [5.41, 5.74) is -5.86. The molecular formula is C40H40F4N2O9S. The van der Waals surface area contributed by atoms with Crippen molar-refractivity contribution >= 4 is 44.1 Å². The van der Waals surface area contributed by atoms with Crippen molar-refractivity contribution in [1.82, 2.24) is 5.32 Å². The number of carbonyl (C=O) groups excluding carboxylic acids is 3. The van der Waals surface area contributed by atoms with E-state index in [0.29, 0.717) is 31.7 Å². The van der Waals surface area contributed by atoms with Crippen molar-refractivity contribution in [2.24, 2.45) is 11.3 Å². The number of hydrogen-bond acceptors (Lipinski definition) is 9. The summed E-state index contributed by atoms with van der Waals surface area (Å²) in [6.07, 6.45) is 0.0470. The van der Waals surface area contributed by atoms with E-state index < -0.39 is 67.5 Å². The number of esters is 1. The lowest BCUT2D eigenvalue weighted by atomic mass is 9.74. The Kier molecular flexibility index (Phi) is 11.6. The highest BCUT2D eigenvalue weighted by Crippen LogP contribution is 2.40. The minimum Gasteiger partial charge on any atom is -0.496 e. The fourth-order valence-corrected chi connectivity index (χ4v) is 8.05. The van der Waals surface area contributed by atoms with Crippen LogP contribution in [0.5, 0.6) is 11.5 Å². The molecule has 4 aromatic carbocycles. The van der Waals surface area contributed by atoms with Crippen LogP contribution in [0.1, 0.15) is 61.4 Å². The lowest BCUT2D eigenvalue weighted by molar-refractivity contribution is -0.159. The highest BCUT2D eigenvalue weighted by atomic mass is 32.2. The van der Waals surface area contributed by atoms with E-state index in [1.54, 1.807) is 0 Å². The number of nitrogens with one attached hydrogen (secondary N) is 2. The molecule has 3 N–H and O–H groups in total. The average Bonchev–Trinajstić information content (AvgIpc) is 3.54. The summed E-state index contributed by atoms with van der Waals surface area (Å²) in [5.74, 6) is -4.26. The third-order valence-corrected chi connectivity index (χ3v) is 12.0. The number of aliphatic hydroxyl groups is 1. The Morgan fingerprint density at radius 2 is 1.61 bits per heavy atom. The maximum absolute atomic E-state index is 15.3. The summed E-state index contributed by atoms with van der Waals surface area (Å²) in [4.78, 5) is 39.1. The van der Waals surface area contributed by atoms with Gasteiger partial charge >= 0.3 is 11.5 Å². The van der Waals surface area contributed by atoms with Gasteiger partial charge in [-0.05, 0) is 86.1 Å². The molecule has 2 amide bonds. The van der Waals surface area contributed by atoms with Crippen LogP contribution in [-0.4, -0.2) is 62.2 Å².